The van der Waals surface area contributed by atoms with Gasteiger partial charge in [-0.05, 0) is 31.5 Å². The molecule has 20 heavy (non-hydrogen) atoms. The lowest BCUT2D eigenvalue weighted by atomic mass is 10.4. The van der Waals surface area contributed by atoms with Crippen LogP contribution in [0.25, 0.3) is 0 Å². The number of thioether (sulfide) groups is 1. The number of nitrogens with zero attached hydrogens (tertiary/aromatic N) is 2. The average molecular weight is 352 g/mol. The van der Waals surface area contributed by atoms with Crippen LogP contribution in [0.3, 0.4) is 0 Å². The lowest BCUT2D eigenvalue weighted by molar-refractivity contribution is 0.940. The molecular weight excluding hydrogens is 334 g/mol. The van der Waals surface area contributed by atoms with Gasteiger partial charge in [-0.3, -0.25) is 0 Å². The topological polar surface area (TPSA) is 37.8 Å². The molecule has 0 bridgehead atoms. The van der Waals surface area contributed by atoms with Gasteiger partial charge in [0.1, 0.15) is 11.6 Å². The van der Waals surface area contributed by atoms with E-state index in [-0.39, 0.29) is 0 Å². The highest BCUT2D eigenvalue weighted by molar-refractivity contribution is 9.10. The van der Waals surface area contributed by atoms with E-state index in [0.717, 1.165) is 40.5 Å². The summed E-state index contributed by atoms with van der Waals surface area (Å²) < 4.78 is 1.10. The maximum Gasteiger partial charge on any atom is 0.141 e. The third-order valence-corrected chi connectivity index (χ3v) is 4.10. The molecule has 0 atom stereocenters. The van der Waals surface area contributed by atoms with Gasteiger partial charge in [0.15, 0.2) is 0 Å². The van der Waals surface area contributed by atoms with Crippen molar-refractivity contribution < 1.29 is 0 Å². The highest BCUT2D eigenvalue weighted by atomic mass is 79.9. The summed E-state index contributed by atoms with van der Waals surface area (Å²) in [5, 5.41) is 3.31. The van der Waals surface area contributed by atoms with Gasteiger partial charge in [0.05, 0.1) is 5.75 Å². The van der Waals surface area contributed by atoms with E-state index in [4.69, 9.17) is 0 Å². The predicted molar refractivity (Wildman–Crippen MR) is 89.3 cm³/mol. The minimum Gasteiger partial charge on any atom is -0.370 e. The summed E-state index contributed by atoms with van der Waals surface area (Å²) in [6, 6.07) is 10.3. The molecule has 0 spiro atoms. The molecule has 2 rings (SSSR count). The van der Waals surface area contributed by atoms with Gasteiger partial charge < -0.3 is 5.32 Å². The van der Waals surface area contributed by atoms with E-state index in [1.54, 1.807) is 11.8 Å². The number of halogens is 1. The summed E-state index contributed by atoms with van der Waals surface area (Å²) in [7, 11) is 0. The molecule has 1 aromatic heterocycles. The van der Waals surface area contributed by atoms with E-state index in [1.807, 2.05) is 25.1 Å². The molecule has 2 aromatic rings. The predicted octanol–water partition coefficient (Wildman–Crippen LogP) is 4.66. The summed E-state index contributed by atoms with van der Waals surface area (Å²) in [6.45, 7) is 5.09. The molecule has 106 valence electrons. The first-order valence-electron chi connectivity index (χ1n) is 6.64. The van der Waals surface area contributed by atoms with Crippen LogP contribution in [0.5, 0.6) is 0 Å². The number of anilines is 1. The Labute approximate surface area is 132 Å². The molecule has 0 saturated carbocycles. The van der Waals surface area contributed by atoms with E-state index in [2.05, 4.69) is 50.3 Å². The monoisotopic (exact) mass is 351 g/mol. The number of rotatable bonds is 6. The maximum atomic E-state index is 4.55. The van der Waals surface area contributed by atoms with Gasteiger partial charge in [-0.1, -0.05) is 28.9 Å². The molecule has 0 radical (unpaired) electrons. The molecule has 0 unspecified atom stereocenters. The molecular formula is C15H18BrN3S. The van der Waals surface area contributed by atoms with Crippen molar-refractivity contribution in [2.75, 3.05) is 11.9 Å². The number of nitrogens with one attached hydrogen (secondary N) is 1. The number of hydrogen-bond donors (Lipinski definition) is 1. The fourth-order valence-corrected chi connectivity index (χ4v) is 3.10. The Bertz CT molecular complexity index is 575. The van der Waals surface area contributed by atoms with Crippen LogP contribution in [0.2, 0.25) is 0 Å². The summed E-state index contributed by atoms with van der Waals surface area (Å²) in [5.74, 6) is 2.57. The maximum absolute atomic E-state index is 4.55. The number of benzene rings is 1. The third kappa shape index (κ3) is 4.80. The molecule has 0 fully saturated rings. The Morgan fingerprint density at radius 2 is 2.10 bits per heavy atom. The first kappa shape index (κ1) is 15.3. The van der Waals surface area contributed by atoms with Crippen molar-refractivity contribution in [1.82, 2.24) is 9.97 Å². The highest BCUT2D eigenvalue weighted by Gasteiger charge is 2.03. The van der Waals surface area contributed by atoms with Gasteiger partial charge >= 0.3 is 0 Å². The minimum absolute atomic E-state index is 0.777. The largest absolute Gasteiger partial charge is 0.370 e. The van der Waals surface area contributed by atoms with Gasteiger partial charge in [0.2, 0.25) is 0 Å². The zero-order valence-corrected chi connectivity index (χ0v) is 14.1. The van der Waals surface area contributed by atoms with E-state index in [1.165, 1.54) is 4.90 Å². The Balaban J connectivity index is 2.03. The first-order valence-corrected chi connectivity index (χ1v) is 8.42. The Hall–Kier alpha value is -1.07. The van der Waals surface area contributed by atoms with E-state index in [9.17, 15) is 0 Å². The van der Waals surface area contributed by atoms with Gasteiger partial charge in [0, 0.05) is 27.7 Å². The SMILES string of the molecule is CCCNc1cc(C)nc(CSc2cccc(Br)c2)n1. The highest BCUT2D eigenvalue weighted by Crippen LogP contribution is 2.24. The van der Waals surface area contributed by atoms with Crippen LogP contribution < -0.4 is 5.32 Å². The van der Waals surface area contributed by atoms with Crippen molar-refractivity contribution in [2.24, 2.45) is 0 Å². The van der Waals surface area contributed by atoms with Crippen LogP contribution >= 0.6 is 27.7 Å². The minimum atomic E-state index is 0.777. The summed E-state index contributed by atoms with van der Waals surface area (Å²) in [6.07, 6.45) is 1.09. The van der Waals surface area contributed by atoms with Crippen LogP contribution in [0.4, 0.5) is 5.82 Å². The molecule has 0 aliphatic heterocycles. The van der Waals surface area contributed by atoms with Crippen LogP contribution in [-0.2, 0) is 5.75 Å². The van der Waals surface area contributed by atoms with Crippen molar-refractivity contribution in [1.29, 1.82) is 0 Å². The van der Waals surface area contributed by atoms with E-state index >= 15 is 0 Å². The Morgan fingerprint density at radius 3 is 2.85 bits per heavy atom. The second-order valence-corrected chi connectivity index (χ2v) is 6.45. The summed E-state index contributed by atoms with van der Waals surface area (Å²) in [5.41, 5.74) is 1.00. The lowest BCUT2D eigenvalue weighted by Crippen LogP contribution is -2.05. The van der Waals surface area contributed by atoms with Gasteiger partial charge in [0.25, 0.3) is 0 Å². The van der Waals surface area contributed by atoms with Crippen LogP contribution in [0, 0.1) is 6.92 Å². The number of aryl methyl sites for hydroxylation is 1. The van der Waals surface area contributed by atoms with E-state index < -0.39 is 0 Å². The molecule has 1 aromatic carbocycles. The average Bonchev–Trinajstić information content (AvgIpc) is 2.42. The summed E-state index contributed by atoms with van der Waals surface area (Å²) >= 11 is 5.23. The Kier molecular flexibility index (Phi) is 5.86. The van der Waals surface area contributed by atoms with Crippen molar-refractivity contribution in [3.63, 3.8) is 0 Å². The second-order valence-electron chi connectivity index (χ2n) is 4.48. The zero-order valence-electron chi connectivity index (χ0n) is 11.7. The molecule has 0 saturated heterocycles. The number of aromatic nitrogens is 2. The standard InChI is InChI=1S/C15H18BrN3S/c1-3-7-17-14-8-11(2)18-15(19-14)10-20-13-6-4-5-12(16)9-13/h4-6,8-9H,3,7,10H2,1-2H3,(H,17,18,19). The van der Waals surface area contributed by atoms with Crippen molar-refractivity contribution in [2.45, 2.75) is 30.9 Å². The van der Waals surface area contributed by atoms with Crippen LogP contribution in [0.1, 0.15) is 24.9 Å². The molecule has 0 amide bonds. The fourth-order valence-electron chi connectivity index (χ4n) is 1.74. The molecule has 1 N–H and O–H groups in total. The normalized spacial score (nSPS) is 10.6. The summed E-state index contributed by atoms with van der Waals surface area (Å²) in [4.78, 5) is 10.3. The number of hydrogen-bond acceptors (Lipinski definition) is 4. The van der Waals surface area contributed by atoms with Gasteiger partial charge in [-0.2, -0.15) is 0 Å². The molecule has 0 aliphatic rings. The van der Waals surface area contributed by atoms with Crippen LogP contribution in [-0.4, -0.2) is 16.5 Å². The van der Waals surface area contributed by atoms with Crippen molar-refractivity contribution >= 4 is 33.5 Å². The molecule has 1 heterocycles. The molecule has 3 nitrogen and oxygen atoms in total. The van der Waals surface area contributed by atoms with Crippen LogP contribution in [0.15, 0.2) is 39.7 Å². The van der Waals surface area contributed by atoms with Crippen molar-refractivity contribution in [3.8, 4) is 0 Å². The lowest BCUT2D eigenvalue weighted by Gasteiger charge is -2.07. The molecule has 5 heteroatoms. The Morgan fingerprint density at radius 1 is 1.25 bits per heavy atom. The fraction of sp³-hybridized carbons (Fsp3) is 0.333. The van der Waals surface area contributed by atoms with Gasteiger partial charge in [-0.25, -0.2) is 9.97 Å². The third-order valence-electron chi connectivity index (χ3n) is 2.62. The zero-order chi connectivity index (χ0) is 14.4. The van der Waals surface area contributed by atoms with Gasteiger partial charge in [-0.15, -0.1) is 11.8 Å². The smallest absolute Gasteiger partial charge is 0.141 e. The first-order chi connectivity index (χ1) is 9.67. The van der Waals surface area contributed by atoms with Crippen molar-refractivity contribution in [3.05, 3.63) is 46.3 Å². The van der Waals surface area contributed by atoms with E-state index in [0.29, 0.717) is 0 Å². The molecule has 0 aliphatic carbocycles. The second kappa shape index (κ2) is 7.64. The quantitative estimate of drug-likeness (QED) is 0.767.